The Labute approximate surface area is 122 Å². The highest BCUT2D eigenvalue weighted by molar-refractivity contribution is 8.03. The number of rotatable bonds is 1. The van der Waals surface area contributed by atoms with E-state index in [1.165, 1.54) is 0 Å². The minimum atomic E-state index is -0.686. The van der Waals surface area contributed by atoms with Gasteiger partial charge in [-0.25, -0.2) is 13.8 Å². The molecule has 1 atom stereocenters. The summed E-state index contributed by atoms with van der Waals surface area (Å²) in [6.45, 7) is 0. The van der Waals surface area contributed by atoms with Gasteiger partial charge >= 0.3 is 0 Å². The Hall–Kier alpha value is -0.780. The molecule has 0 bridgehead atoms. The Morgan fingerprint density at radius 2 is 2.11 bits per heavy atom. The molecule has 1 aromatic carbocycles. The zero-order valence-corrected chi connectivity index (χ0v) is 11.8. The summed E-state index contributed by atoms with van der Waals surface area (Å²) in [5.41, 5.74) is 0.428. The Bertz CT molecular complexity index is 616. The summed E-state index contributed by atoms with van der Waals surface area (Å²) in [5, 5.41) is 2.77. The van der Waals surface area contributed by atoms with Crippen LogP contribution >= 0.6 is 35.0 Å². The highest BCUT2D eigenvalue weighted by atomic mass is 35.5. The monoisotopic (exact) mass is 320 g/mol. The van der Waals surface area contributed by atoms with Gasteiger partial charge in [-0.3, -0.25) is 0 Å². The van der Waals surface area contributed by atoms with Crippen molar-refractivity contribution in [3.8, 4) is 0 Å². The molecule has 0 amide bonds. The number of nitrogens with zero attached hydrogens (tertiary/aromatic N) is 1. The third kappa shape index (κ3) is 2.35. The first-order chi connectivity index (χ1) is 9.06. The van der Waals surface area contributed by atoms with Crippen molar-refractivity contribution in [3.63, 3.8) is 0 Å². The van der Waals surface area contributed by atoms with E-state index in [1.807, 2.05) is 0 Å². The van der Waals surface area contributed by atoms with Gasteiger partial charge in [-0.1, -0.05) is 23.2 Å². The van der Waals surface area contributed by atoms with Gasteiger partial charge in [0.1, 0.15) is 17.5 Å². The fourth-order valence-corrected chi connectivity index (χ4v) is 3.61. The van der Waals surface area contributed by atoms with Gasteiger partial charge in [0.05, 0.1) is 10.6 Å². The number of alkyl halides is 1. The van der Waals surface area contributed by atoms with E-state index in [2.05, 4.69) is 10.3 Å². The van der Waals surface area contributed by atoms with Crippen LogP contribution in [-0.2, 0) is 0 Å². The van der Waals surface area contributed by atoms with Crippen molar-refractivity contribution in [1.29, 1.82) is 0 Å². The predicted molar refractivity (Wildman–Crippen MR) is 74.8 cm³/mol. The normalized spacial score (nSPS) is 22.1. The van der Waals surface area contributed by atoms with Gasteiger partial charge in [0.25, 0.3) is 0 Å². The average molecular weight is 321 g/mol. The summed E-state index contributed by atoms with van der Waals surface area (Å²) in [6, 6.07) is 1.97. The molecule has 0 fully saturated rings. The van der Waals surface area contributed by atoms with E-state index in [9.17, 15) is 8.78 Å². The molecule has 1 unspecified atom stereocenters. The van der Waals surface area contributed by atoms with Crippen LogP contribution in [0.5, 0.6) is 0 Å². The molecule has 0 spiro atoms. The van der Waals surface area contributed by atoms with E-state index in [-0.39, 0.29) is 16.4 Å². The Kier molecular flexibility index (Phi) is 3.45. The lowest BCUT2D eigenvalue weighted by Gasteiger charge is -2.20. The number of amidine groups is 1. The van der Waals surface area contributed by atoms with Crippen LogP contribution in [-0.4, -0.2) is 17.1 Å². The first-order valence-electron chi connectivity index (χ1n) is 5.56. The van der Waals surface area contributed by atoms with Gasteiger partial charge in [0.15, 0.2) is 5.50 Å². The molecule has 0 saturated carbocycles. The van der Waals surface area contributed by atoms with E-state index < -0.39 is 17.1 Å². The third-order valence-electron chi connectivity index (χ3n) is 2.90. The van der Waals surface area contributed by atoms with E-state index in [1.54, 1.807) is 11.8 Å². The summed E-state index contributed by atoms with van der Waals surface area (Å²) in [6.07, 6.45) is 0.819. The van der Waals surface area contributed by atoms with Crippen LogP contribution in [0.1, 0.15) is 12.0 Å². The summed E-state index contributed by atoms with van der Waals surface area (Å²) < 4.78 is 27.3. The van der Waals surface area contributed by atoms with Crippen molar-refractivity contribution in [1.82, 2.24) is 5.32 Å². The topological polar surface area (TPSA) is 24.4 Å². The van der Waals surface area contributed by atoms with Gasteiger partial charge < -0.3 is 5.32 Å². The SMILES string of the molecule is Fc1cc(C2=NC(Cl)C3=C(CCS3)N2)c(F)cc1Cl. The molecule has 0 radical (unpaired) electrons. The molecule has 1 aromatic rings. The minimum absolute atomic E-state index is 0.0380. The lowest BCUT2D eigenvalue weighted by atomic mass is 10.1. The van der Waals surface area contributed by atoms with Gasteiger partial charge in [0, 0.05) is 16.4 Å². The molecule has 100 valence electrons. The Morgan fingerprint density at radius 1 is 1.32 bits per heavy atom. The zero-order valence-electron chi connectivity index (χ0n) is 9.51. The first-order valence-corrected chi connectivity index (χ1v) is 7.36. The number of aliphatic imine (C=N–C) groups is 1. The second kappa shape index (κ2) is 4.96. The van der Waals surface area contributed by atoms with Crippen LogP contribution in [0.4, 0.5) is 8.78 Å². The highest BCUT2D eigenvalue weighted by Gasteiger charge is 2.28. The second-order valence-corrected chi connectivity index (χ2v) is 6.08. The van der Waals surface area contributed by atoms with Gasteiger partial charge in [-0.05, 0) is 18.6 Å². The molecule has 7 heteroatoms. The number of hydrogen-bond donors (Lipinski definition) is 1. The van der Waals surface area contributed by atoms with E-state index in [0.717, 1.165) is 34.9 Å². The Balaban J connectivity index is 2.00. The van der Waals surface area contributed by atoms with Crippen molar-refractivity contribution < 1.29 is 8.78 Å². The summed E-state index contributed by atoms with van der Waals surface area (Å²) in [4.78, 5) is 5.13. The molecule has 2 aliphatic heterocycles. The first kappa shape index (κ1) is 13.2. The quantitative estimate of drug-likeness (QED) is 0.482. The fourth-order valence-electron chi connectivity index (χ4n) is 2.00. The van der Waals surface area contributed by atoms with Crippen LogP contribution in [0.25, 0.3) is 0 Å². The lowest BCUT2D eigenvalue weighted by Crippen LogP contribution is -2.30. The van der Waals surface area contributed by atoms with Crippen LogP contribution in [0.15, 0.2) is 27.7 Å². The molecular formula is C12H8Cl2F2N2S. The molecule has 19 heavy (non-hydrogen) atoms. The maximum absolute atomic E-state index is 13.8. The van der Waals surface area contributed by atoms with Crippen molar-refractivity contribution in [2.45, 2.75) is 11.9 Å². The summed E-state index contributed by atoms with van der Waals surface area (Å²) >= 11 is 13.3. The predicted octanol–water partition coefficient (Wildman–Crippen LogP) is 3.88. The average Bonchev–Trinajstić information content (AvgIpc) is 2.82. The van der Waals surface area contributed by atoms with Gasteiger partial charge in [-0.15, -0.1) is 11.8 Å². The van der Waals surface area contributed by atoms with E-state index in [4.69, 9.17) is 23.2 Å². The van der Waals surface area contributed by atoms with Crippen molar-refractivity contribution in [2.75, 3.05) is 5.75 Å². The van der Waals surface area contributed by atoms with E-state index >= 15 is 0 Å². The van der Waals surface area contributed by atoms with Crippen LogP contribution in [0.3, 0.4) is 0 Å². The largest absolute Gasteiger partial charge is 0.343 e. The van der Waals surface area contributed by atoms with Crippen LogP contribution in [0, 0.1) is 11.6 Å². The number of halogens is 4. The van der Waals surface area contributed by atoms with Crippen molar-refractivity contribution >= 4 is 40.8 Å². The highest BCUT2D eigenvalue weighted by Crippen LogP contribution is 2.38. The molecule has 2 heterocycles. The molecule has 2 nitrogen and oxygen atoms in total. The number of benzene rings is 1. The smallest absolute Gasteiger partial charge is 0.158 e. The standard InChI is InChI=1S/C12H8Cl2F2N2S/c13-6-4-7(15)5(3-8(6)16)12-17-9-1-2-19-10(9)11(14)18-12/h3-4,11H,1-2H2,(H,17,18). The molecule has 2 aliphatic rings. The van der Waals surface area contributed by atoms with Gasteiger partial charge in [0.2, 0.25) is 0 Å². The van der Waals surface area contributed by atoms with Crippen molar-refractivity contribution in [3.05, 3.63) is 45.0 Å². The maximum atomic E-state index is 13.8. The minimum Gasteiger partial charge on any atom is -0.343 e. The molecular weight excluding hydrogens is 313 g/mol. The number of nitrogens with one attached hydrogen (secondary N) is 1. The lowest BCUT2D eigenvalue weighted by molar-refractivity contribution is 0.597. The number of allylic oxidation sites excluding steroid dienone is 1. The molecule has 0 aromatic heterocycles. The zero-order chi connectivity index (χ0) is 13.6. The number of hydrogen-bond acceptors (Lipinski definition) is 3. The fraction of sp³-hybridized carbons (Fsp3) is 0.250. The summed E-state index contributed by atoms with van der Waals surface area (Å²) in [5.74, 6) is -0.152. The maximum Gasteiger partial charge on any atom is 0.158 e. The van der Waals surface area contributed by atoms with Crippen molar-refractivity contribution in [2.24, 2.45) is 4.99 Å². The molecule has 0 aliphatic carbocycles. The number of thioether (sulfide) groups is 1. The Morgan fingerprint density at radius 3 is 2.89 bits per heavy atom. The third-order valence-corrected chi connectivity index (χ3v) is 4.82. The van der Waals surface area contributed by atoms with Gasteiger partial charge in [-0.2, -0.15) is 0 Å². The molecule has 3 rings (SSSR count). The van der Waals surface area contributed by atoms with Crippen LogP contribution < -0.4 is 5.32 Å². The second-order valence-electron chi connectivity index (χ2n) is 4.13. The molecule has 1 N–H and O–H groups in total. The summed E-state index contributed by atoms with van der Waals surface area (Å²) in [7, 11) is 0. The van der Waals surface area contributed by atoms with E-state index in [0.29, 0.717) is 0 Å². The van der Waals surface area contributed by atoms with Crippen LogP contribution in [0.2, 0.25) is 5.02 Å². The molecule has 0 saturated heterocycles.